The highest BCUT2D eigenvalue weighted by atomic mass is 35.5. The summed E-state index contributed by atoms with van der Waals surface area (Å²) in [4.78, 5) is 12.9. The Balaban J connectivity index is 2.05. The van der Waals surface area contributed by atoms with Gasteiger partial charge in [0.05, 0.1) is 31.5 Å². The molecule has 3 aromatic rings. The van der Waals surface area contributed by atoms with Gasteiger partial charge in [0.2, 0.25) is 0 Å². The Hall–Kier alpha value is -3.69. The number of fused-ring (bicyclic) bond motifs is 1. The molecule has 7 heteroatoms. The number of nitrogens with zero attached hydrogens (tertiary/aromatic N) is 1. The van der Waals surface area contributed by atoms with Crippen LogP contribution in [0.2, 0.25) is 5.02 Å². The maximum Gasteiger partial charge on any atom is 0.266 e. The highest BCUT2D eigenvalue weighted by Gasteiger charge is 2.17. The van der Waals surface area contributed by atoms with Crippen LogP contribution in [0.5, 0.6) is 17.2 Å². The van der Waals surface area contributed by atoms with E-state index >= 15 is 0 Å². The number of hydrogen-bond acceptors (Lipinski definition) is 5. The molecule has 3 aromatic carbocycles. The number of nitrogens with one attached hydrogen (secondary N) is 1. The zero-order chi connectivity index (χ0) is 22.4. The molecule has 0 atom stereocenters. The molecule has 0 bridgehead atoms. The lowest BCUT2D eigenvalue weighted by Gasteiger charge is -2.14. The van der Waals surface area contributed by atoms with Gasteiger partial charge in [-0.05, 0) is 29.8 Å². The molecule has 0 aliphatic heterocycles. The molecule has 0 unspecified atom stereocenters. The molecule has 1 amide bonds. The second-order valence-electron chi connectivity index (χ2n) is 6.44. The molecular weight excluding hydrogens is 416 g/mol. The van der Waals surface area contributed by atoms with Crippen LogP contribution >= 0.6 is 11.6 Å². The molecule has 0 aromatic heterocycles. The van der Waals surface area contributed by atoms with Gasteiger partial charge in [-0.1, -0.05) is 41.9 Å². The Morgan fingerprint density at radius 3 is 2.52 bits per heavy atom. The summed E-state index contributed by atoms with van der Waals surface area (Å²) in [7, 11) is 2.93. The van der Waals surface area contributed by atoms with Crippen molar-refractivity contribution in [3.8, 4) is 23.3 Å². The lowest BCUT2D eigenvalue weighted by atomic mass is 10.0. The molecule has 0 fully saturated rings. The standard InChI is InChI=1S/C24H21ClN2O4/c1-4-31-21-10-9-15-7-5-6-8-17(15)18(21)11-16(14-26)24(28)27-20-13-22(29-2)19(25)12-23(20)30-3/h5-13H,4H2,1-3H3,(H,27,28)/b16-11+. The molecule has 0 aliphatic carbocycles. The minimum absolute atomic E-state index is 0.0896. The van der Waals surface area contributed by atoms with Crippen LogP contribution in [-0.2, 0) is 4.79 Å². The lowest BCUT2D eigenvalue weighted by molar-refractivity contribution is -0.112. The number of ether oxygens (including phenoxy) is 3. The lowest BCUT2D eigenvalue weighted by Crippen LogP contribution is -2.14. The summed E-state index contributed by atoms with van der Waals surface area (Å²) in [5.74, 6) is 0.706. The molecule has 1 N–H and O–H groups in total. The minimum Gasteiger partial charge on any atom is -0.495 e. The third-order valence-electron chi connectivity index (χ3n) is 4.61. The van der Waals surface area contributed by atoms with Crippen LogP contribution in [0.25, 0.3) is 16.8 Å². The second kappa shape index (κ2) is 9.88. The van der Waals surface area contributed by atoms with Crippen molar-refractivity contribution in [2.24, 2.45) is 0 Å². The van der Waals surface area contributed by atoms with Gasteiger partial charge in [0.1, 0.15) is 28.9 Å². The van der Waals surface area contributed by atoms with Gasteiger partial charge in [-0.25, -0.2) is 0 Å². The molecule has 158 valence electrons. The highest BCUT2D eigenvalue weighted by molar-refractivity contribution is 6.32. The first-order valence-electron chi connectivity index (χ1n) is 9.51. The fourth-order valence-electron chi connectivity index (χ4n) is 3.15. The molecule has 0 radical (unpaired) electrons. The fraction of sp³-hybridized carbons (Fsp3) is 0.167. The first-order valence-corrected chi connectivity index (χ1v) is 9.89. The normalized spacial score (nSPS) is 11.0. The zero-order valence-electron chi connectivity index (χ0n) is 17.4. The topological polar surface area (TPSA) is 80.6 Å². The smallest absolute Gasteiger partial charge is 0.266 e. The number of amides is 1. The van der Waals surface area contributed by atoms with Crippen molar-refractivity contribution in [2.45, 2.75) is 6.92 Å². The van der Waals surface area contributed by atoms with Gasteiger partial charge < -0.3 is 19.5 Å². The van der Waals surface area contributed by atoms with E-state index in [0.29, 0.717) is 40.1 Å². The van der Waals surface area contributed by atoms with Gasteiger partial charge in [0.25, 0.3) is 5.91 Å². The summed E-state index contributed by atoms with van der Waals surface area (Å²) in [6.45, 7) is 2.33. The molecule has 6 nitrogen and oxygen atoms in total. The van der Waals surface area contributed by atoms with E-state index in [0.717, 1.165) is 10.8 Å². The summed E-state index contributed by atoms with van der Waals surface area (Å²) in [6, 6.07) is 16.5. The van der Waals surface area contributed by atoms with Crippen LogP contribution in [0, 0.1) is 11.3 Å². The predicted molar refractivity (Wildman–Crippen MR) is 122 cm³/mol. The van der Waals surface area contributed by atoms with Crippen molar-refractivity contribution in [3.63, 3.8) is 0 Å². The van der Waals surface area contributed by atoms with E-state index in [1.165, 1.54) is 32.4 Å². The zero-order valence-corrected chi connectivity index (χ0v) is 18.1. The van der Waals surface area contributed by atoms with Gasteiger partial charge >= 0.3 is 0 Å². The quantitative estimate of drug-likeness (QED) is 0.393. The summed E-state index contributed by atoms with van der Waals surface area (Å²) in [6.07, 6.45) is 1.53. The Morgan fingerprint density at radius 1 is 1.10 bits per heavy atom. The summed E-state index contributed by atoms with van der Waals surface area (Å²) in [5, 5.41) is 14.6. The third-order valence-corrected chi connectivity index (χ3v) is 4.90. The maximum atomic E-state index is 12.9. The summed E-state index contributed by atoms with van der Waals surface area (Å²) < 4.78 is 16.2. The minimum atomic E-state index is -0.597. The molecule has 0 saturated heterocycles. The second-order valence-corrected chi connectivity index (χ2v) is 6.85. The SMILES string of the molecule is CCOc1ccc2ccccc2c1/C=C(\C#N)C(=O)Nc1cc(OC)c(Cl)cc1OC. The highest BCUT2D eigenvalue weighted by Crippen LogP contribution is 2.36. The monoisotopic (exact) mass is 436 g/mol. The largest absolute Gasteiger partial charge is 0.495 e. The summed E-state index contributed by atoms with van der Waals surface area (Å²) in [5.41, 5.74) is 0.901. The number of anilines is 1. The Labute approximate surface area is 185 Å². The van der Waals surface area contributed by atoms with Gasteiger partial charge in [0.15, 0.2) is 0 Å². The van der Waals surface area contributed by atoms with Gasteiger partial charge in [-0.3, -0.25) is 4.79 Å². The van der Waals surface area contributed by atoms with E-state index in [4.69, 9.17) is 25.8 Å². The van der Waals surface area contributed by atoms with Crippen LogP contribution < -0.4 is 19.5 Å². The molecule has 3 rings (SSSR count). The number of carbonyl (C=O) groups is 1. The van der Waals surface area contributed by atoms with Crippen LogP contribution in [0.15, 0.2) is 54.1 Å². The first kappa shape index (κ1) is 22.0. The number of rotatable bonds is 7. The van der Waals surface area contributed by atoms with Crippen molar-refractivity contribution < 1.29 is 19.0 Å². The van der Waals surface area contributed by atoms with E-state index in [1.807, 2.05) is 49.4 Å². The van der Waals surface area contributed by atoms with Crippen molar-refractivity contribution in [2.75, 3.05) is 26.1 Å². The van der Waals surface area contributed by atoms with Crippen molar-refractivity contribution >= 4 is 40.0 Å². The number of methoxy groups -OCH3 is 2. The molecule has 31 heavy (non-hydrogen) atoms. The van der Waals surface area contributed by atoms with Crippen LogP contribution in [0.4, 0.5) is 5.69 Å². The van der Waals surface area contributed by atoms with Crippen molar-refractivity contribution in [1.82, 2.24) is 0 Å². The molecule has 0 aliphatic rings. The molecular formula is C24H21ClN2O4. The molecule has 0 heterocycles. The summed E-state index contributed by atoms with van der Waals surface area (Å²) >= 11 is 6.12. The average molecular weight is 437 g/mol. The van der Waals surface area contributed by atoms with Crippen LogP contribution in [-0.4, -0.2) is 26.7 Å². The predicted octanol–water partition coefficient (Wildman–Crippen LogP) is 5.45. The Morgan fingerprint density at radius 2 is 1.84 bits per heavy atom. The van der Waals surface area contributed by atoms with Crippen molar-refractivity contribution in [1.29, 1.82) is 5.26 Å². The van der Waals surface area contributed by atoms with E-state index in [2.05, 4.69) is 5.32 Å². The maximum absolute atomic E-state index is 12.9. The number of nitriles is 1. The number of carbonyl (C=O) groups excluding carboxylic acids is 1. The third kappa shape index (κ3) is 4.73. The van der Waals surface area contributed by atoms with E-state index < -0.39 is 5.91 Å². The number of benzene rings is 3. The number of halogens is 1. The Bertz CT molecular complexity index is 1200. The fourth-order valence-corrected chi connectivity index (χ4v) is 3.38. The first-order chi connectivity index (χ1) is 15.0. The molecule has 0 spiro atoms. The van der Waals surface area contributed by atoms with Gasteiger partial charge in [-0.15, -0.1) is 0 Å². The van der Waals surface area contributed by atoms with Crippen LogP contribution in [0.3, 0.4) is 0 Å². The van der Waals surface area contributed by atoms with E-state index in [1.54, 1.807) is 0 Å². The molecule has 0 saturated carbocycles. The number of hydrogen-bond donors (Lipinski definition) is 1. The van der Waals surface area contributed by atoms with Gasteiger partial charge in [-0.2, -0.15) is 5.26 Å². The van der Waals surface area contributed by atoms with Crippen molar-refractivity contribution in [3.05, 3.63) is 64.7 Å². The van der Waals surface area contributed by atoms with E-state index in [-0.39, 0.29) is 5.57 Å². The van der Waals surface area contributed by atoms with Crippen LogP contribution in [0.1, 0.15) is 12.5 Å². The van der Waals surface area contributed by atoms with Gasteiger partial charge in [0, 0.05) is 17.7 Å². The Kier molecular flexibility index (Phi) is 7.01. The van der Waals surface area contributed by atoms with E-state index in [9.17, 15) is 10.1 Å². The average Bonchev–Trinajstić information content (AvgIpc) is 2.79.